The highest BCUT2D eigenvalue weighted by molar-refractivity contribution is 5.68. The standard InChI is InChI=1S/C31H41FN2/c1-3-5-7-8-9-10-11-13-15-26-23-33-31(34-24-26)28-19-17-27(18-20-28)29-21-16-25(22-30(29)32)14-12-6-4-2/h16-24H,3-15H2,1-2H3. The zero-order valence-electron chi connectivity index (χ0n) is 21.2. The molecule has 0 bridgehead atoms. The van der Waals surface area contributed by atoms with Crippen molar-refractivity contribution in [3.63, 3.8) is 0 Å². The van der Waals surface area contributed by atoms with Crippen LogP contribution < -0.4 is 0 Å². The summed E-state index contributed by atoms with van der Waals surface area (Å²) in [4.78, 5) is 9.16. The van der Waals surface area contributed by atoms with Gasteiger partial charge in [0.05, 0.1) is 0 Å². The van der Waals surface area contributed by atoms with Crippen LogP contribution in [0.2, 0.25) is 0 Å². The van der Waals surface area contributed by atoms with Crippen molar-refractivity contribution in [2.24, 2.45) is 0 Å². The quantitative estimate of drug-likeness (QED) is 0.211. The molecule has 34 heavy (non-hydrogen) atoms. The number of aryl methyl sites for hydroxylation is 2. The van der Waals surface area contributed by atoms with E-state index in [-0.39, 0.29) is 5.82 Å². The van der Waals surface area contributed by atoms with E-state index in [0.29, 0.717) is 5.56 Å². The first-order valence-corrected chi connectivity index (χ1v) is 13.4. The SMILES string of the molecule is CCCCCCCCCCc1cnc(-c2ccc(-c3ccc(CCCCC)cc3F)cc2)nc1. The van der Waals surface area contributed by atoms with Crippen molar-refractivity contribution in [1.82, 2.24) is 9.97 Å². The van der Waals surface area contributed by atoms with Gasteiger partial charge in [0.15, 0.2) is 5.82 Å². The maximum Gasteiger partial charge on any atom is 0.159 e. The molecule has 0 radical (unpaired) electrons. The largest absolute Gasteiger partial charge is 0.236 e. The van der Waals surface area contributed by atoms with E-state index in [1.54, 1.807) is 6.07 Å². The van der Waals surface area contributed by atoms with Gasteiger partial charge in [0.1, 0.15) is 5.82 Å². The molecule has 0 amide bonds. The molecular weight excluding hydrogens is 419 g/mol. The van der Waals surface area contributed by atoms with Crippen molar-refractivity contribution in [1.29, 1.82) is 0 Å². The van der Waals surface area contributed by atoms with E-state index >= 15 is 0 Å². The molecule has 3 heteroatoms. The highest BCUT2D eigenvalue weighted by atomic mass is 19.1. The van der Waals surface area contributed by atoms with Gasteiger partial charge in [-0.15, -0.1) is 0 Å². The van der Waals surface area contributed by atoms with Crippen LogP contribution in [0.3, 0.4) is 0 Å². The van der Waals surface area contributed by atoms with Gasteiger partial charge in [0, 0.05) is 23.5 Å². The predicted molar refractivity (Wildman–Crippen MR) is 142 cm³/mol. The van der Waals surface area contributed by atoms with Crippen LogP contribution >= 0.6 is 0 Å². The van der Waals surface area contributed by atoms with Crippen LogP contribution in [-0.4, -0.2) is 9.97 Å². The van der Waals surface area contributed by atoms with E-state index in [9.17, 15) is 4.39 Å². The van der Waals surface area contributed by atoms with Crippen LogP contribution in [0.4, 0.5) is 4.39 Å². The molecule has 0 aliphatic rings. The maximum atomic E-state index is 14.7. The first kappa shape index (κ1) is 26.1. The molecule has 2 aromatic carbocycles. The zero-order valence-corrected chi connectivity index (χ0v) is 21.2. The summed E-state index contributed by atoms with van der Waals surface area (Å²) in [6, 6.07) is 13.5. The Labute approximate surface area is 206 Å². The first-order chi connectivity index (χ1) is 16.7. The van der Waals surface area contributed by atoms with E-state index in [0.717, 1.165) is 41.8 Å². The minimum absolute atomic E-state index is 0.150. The fourth-order valence-electron chi connectivity index (χ4n) is 4.42. The third-order valence-electron chi connectivity index (χ3n) is 6.58. The Hall–Kier alpha value is -2.55. The summed E-state index contributed by atoms with van der Waals surface area (Å²) >= 11 is 0. The minimum Gasteiger partial charge on any atom is -0.236 e. The minimum atomic E-state index is -0.150. The highest BCUT2D eigenvalue weighted by Gasteiger charge is 2.08. The molecule has 0 aliphatic heterocycles. The number of unbranched alkanes of at least 4 members (excludes halogenated alkanes) is 9. The molecule has 2 nitrogen and oxygen atoms in total. The van der Waals surface area contributed by atoms with Crippen molar-refractivity contribution >= 4 is 0 Å². The average Bonchev–Trinajstić information content (AvgIpc) is 2.86. The van der Waals surface area contributed by atoms with Gasteiger partial charge < -0.3 is 0 Å². The van der Waals surface area contributed by atoms with E-state index in [1.165, 1.54) is 69.8 Å². The van der Waals surface area contributed by atoms with Crippen molar-refractivity contribution in [2.75, 3.05) is 0 Å². The Bertz CT molecular complexity index is 964. The second-order valence-corrected chi connectivity index (χ2v) is 9.49. The summed E-state index contributed by atoms with van der Waals surface area (Å²) in [5.41, 5.74) is 4.76. The lowest BCUT2D eigenvalue weighted by atomic mass is 9.99. The van der Waals surface area contributed by atoms with E-state index in [2.05, 4.69) is 29.9 Å². The van der Waals surface area contributed by atoms with Gasteiger partial charge in [-0.3, -0.25) is 0 Å². The molecule has 0 N–H and O–H groups in total. The van der Waals surface area contributed by atoms with Crippen LogP contribution in [0.5, 0.6) is 0 Å². The number of hydrogen-bond donors (Lipinski definition) is 0. The van der Waals surface area contributed by atoms with Crippen LogP contribution in [0.1, 0.15) is 95.6 Å². The monoisotopic (exact) mass is 460 g/mol. The second-order valence-electron chi connectivity index (χ2n) is 9.49. The Morgan fingerprint density at radius 1 is 0.588 bits per heavy atom. The lowest BCUT2D eigenvalue weighted by molar-refractivity contribution is 0.575. The lowest BCUT2D eigenvalue weighted by Crippen LogP contribution is -1.94. The molecule has 0 spiro atoms. The fourth-order valence-corrected chi connectivity index (χ4v) is 4.42. The Morgan fingerprint density at radius 2 is 1.12 bits per heavy atom. The van der Waals surface area contributed by atoms with Crippen molar-refractivity contribution < 1.29 is 4.39 Å². The number of hydrogen-bond acceptors (Lipinski definition) is 2. The van der Waals surface area contributed by atoms with Crippen LogP contribution in [0.25, 0.3) is 22.5 Å². The zero-order chi connectivity index (χ0) is 24.0. The van der Waals surface area contributed by atoms with Gasteiger partial charge in [-0.2, -0.15) is 0 Å². The van der Waals surface area contributed by atoms with E-state index in [4.69, 9.17) is 0 Å². The van der Waals surface area contributed by atoms with Gasteiger partial charge in [-0.05, 0) is 48.4 Å². The summed E-state index contributed by atoms with van der Waals surface area (Å²) < 4.78 is 14.7. The van der Waals surface area contributed by atoms with Crippen molar-refractivity contribution in [3.05, 3.63) is 71.8 Å². The average molecular weight is 461 g/mol. The summed E-state index contributed by atoms with van der Waals surface area (Å²) in [7, 11) is 0. The lowest BCUT2D eigenvalue weighted by Gasteiger charge is -2.08. The van der Waals surface area contributed by atoms with E-state index < -0.39 is 0 Å². The Kier molecular flexibility index (Phi) is 11.2. The molecular formula is C31H41FN2. The second kappa shape index (κ2) is 14.7. The molecule has 0 aliphatic carbocycles. The van der Waals surface area contributed by atoms with Gasteiger partial charge in [0.25, 0.3) is 0 Å². The number of halogens is 1. The molecule has 0 fully saturated rings. The summed E-state index contributed by atoms with van der Waals surface area (Å²) in [6.07, 6.45) is 20.0. The highest BCUT2D eigenvalue weighted by Crippen LogP contribution is 2.26. The predicted octanol–water partition coefficient (Wildman–Crippen LogP) is 9.37. The Balaban J connectivity index is 1.50. The molecule has 1 aromatic heterocycles. The van der Waals surface area contributed by atoms with Crippen LogP contribution in [0.15, 0.2) is 54.9 Å². The summed E-state index contributed by atoms with van der Waals surface area (Å²) in [5, 5.41) is 0. The molecule has 3 aromatic rings. The van der Waals surface area contributed by atoms with Crippen LogP contribution in [-0.2, 0) is 12.8 Å². The molecule has 182 valence electrons. The van der Waals surface area contributed by atoms with Crippen molar-refractivity contribution in [2.45, 2.75) is 97.3 Å². The summed E-state index contributed by atoms with van der Waals surface area (Å²) in [5.74, 6) is 0.571. The van der Waals surface area contributed by atoms with E-state index in [1.807, 2.05) is 42.7 Å². The maximum absolute atomic E-state index is 14.7. The molecule has 1 heterocycles. The van der Waals surface area contributed by atoms with Gasteiger partial charge >= 0.3 is 0 Å². The normalized spacial score (nSPS) is 11.1. The first-order valence-electron chi connectivity index (χ1n) is 13.4. The smallest absolute Gasteiger partial charge is 0.159 e. The van der Waals surface area contributed by atoms with Gasteiger partial charge in [-0.1, -0.05) is 108 Å². The third-order valence-corrected chi connectivity index (χ3v) is 6.58. The van der Waals surface area contributed by atoms with Gasteiger partial charge in [-0.25, -0.2) is 14.4 Å². The van der Waals surface area contributed by atoms with Crippen molar-refractivity contribution in [3.8, 4) is 22.5 Å². The topological polar surface area (TPSA) is 25.8 Å². The molecule has 0 atom stereocenters. The fraction of sp³-hybridized carbons (Fsp3) is 0.484. The number of aromatic nitrogens is 2. The molecule has 0 saturated carbocycles. The van der Waals surface area contributed by atoms with Gasteiger partial charge in [0.2, 0.25) is 0 Å². The number of nitrogens with zero attached hydrogens (tertiary/aromatic N) is 2. The number of rotatable bonds is 15. The molecule has 3 rings (SSSR count). The molecule has 0 saturated heterocycles. The number of benzene rings is 2. The Morgan fingerprint density at radius 3 is 1.76 bits per heavy atom. The summed E-state index contributed by atoms with van der Waals surface area (Å²) in [6.45, 7) is 4.45. The van der Waals surface area contributed by atoms with Crippen LogP contribution in [0, 0.1) is 5.82 Å². The third kappa shape index (κ3) is 8.34. The molecule has 0 unspecified atom stereocenters.